The van der Waals surface area contributed by atoms with Gasteiger partial charge in [0.1, 0.15) is 5.82 Å². The van der Waals surface area contributed by atoms with E-state index in [1.54, 1.807) is 0 Å². The third kappa shape index (κ3) is 1.98. The largest absolute Gasteiger partial charge is 0.263 e. The Morgan fingerprint density at radius 1 is 1.12 bits per heavy atom. The van der Waals surface area contributed by atoms with E-state index in [-0.39, 0.29) is 5.41 Å². The lowest BCUT2D eigenvalue weighted by Gasteiger charge is -2.21. The van der Waals surface area contributed by atoms with E-state index in [2.05, 4.69) is 54.2 Å². The van der Waals surface area contributed by atoms with Crippen LogP contribution in [0.4, 0.5) is 0 Å². The predicted octanol–water partition coefficient (Wildman–Crippen LogP) is 3.08. The molecule has 84 valence electrons. The first-order chi connectivity index (χ1) is 7.48. The molecular weight excluding hydrogens is 198 g/mol. The van der Waals surface area contributed by atoms with E-state index in [9.17, 15) is 0 Å². The van der Waals surface area contributed by atoms with Crippen LogP contribution in [0.3, 0.4) is 0 Å². The van der Waals surface area contributed by atoms with Gasteiger partial charge in [0.05, 0.1) is 0 Å². The number of aromatic amines is 1. The second kappa shape index (κ2) is 3.74. The monoisotopic (exact) mass is 215 g/mol. The van der Waals surface area contributed by atoms with Crippen molar-refractivity contribution in [3.05, 3.63) is 35.7 Å². The van der Waals surface area contributed by atoms with Crippen molar-refractivity contribution in [1.29, 1.82) is 0 Å². The third-order valence-corrected chi connectivity index (χ3v) is 2.57. The smallest absolute Gasteiger partial charge is 0.181 e. The van der Waals surface area contributed by atoms with Gasteiger partial charge in [-0.2, -0.15) is 5.10 Å². The Balaban J connectivity index is 2.57. The molecule has 0 aliphatic rings. The van der Waals surface area contributed by atoms with E-state index < -0.39 is 0 Å². The third-order valence-electron chi connectivity index (χ3n) is 2.57. The maximum atomic E-state index is 4.39. The van der Waals surface area contributed by atoms with Gasteiger partial charge in [-0.05, 0) is 17.9 Å². The van der Waals surface area contributed by atoms with Gasteiger partial charge in [-0.1, -0.05) is 45.0 Å². The van der Waals surface area contributed by atoms with Crippen molar-refractivity contribution < 1.29 is 0 Å². The Morgan fingerprint density at radius 2 is 1.81 bits per heavy atom. The molecule has 3 heteroatoms. The summed E-state index contributed by atoms with van der Waals surface area (Å²) in [6.07, 6.45) is 0. The second-order valence-corrected chi connectivity index (χ2v) is 5.04. The van der Waals surface area contributed by atoms with Gasteiger partial charge in [-0.15, -0.1) is 0 Å². The van der Waals surface area contributed by atoms with Crippen LogP contribution in [0.15, 0.2) is 24.3 Å². The molecule has 0 radical (unpaired) electrons. The Kier molecular flexibility index (Phi) is 2.54. The van der Waals surface area contributed by atoms with Gasteiger partial charge < -0.3 is 0 Å². The van der Waals surface area contributed by atoms with E-state index in [0.29, 0.717) is 0 Å². The summed E-state index contributed by atoms with van der Waals surface area (Å²) in [4.78, 5) is 4.39. The summed E-state index contributed by atoms with van der Waals surface area (Å²) >= 11 is 0. The highest BCUT2D eigenvalue weighted by Crippen LogP contribution is 2.30. The van der Waals surface area contributed by atoms with Gasteiger partial charge in [0.2, 0.25) is 0 Å². The van der Waals surface area contributed by atoms with Crippen LogP contribution in [0, 0.1) is 6.92 Å². The quantitative estimate of drug-likeness (QED) is 0.794. The van der Waals surface area contributed by atoms with Crippen LogP contribution < -0.4 is 0 Å². The van der Waals surface area contributed by atoms with Crippen LogP contribution in [0.25, 0.3) is 11.4 Å². The number of benzene rings is 1. The van der Waals surface area contributed by atoms with E-state index in [0.717, 1.165) is 17.2 Å². The van der Waals surface area contributed by atoms with E-state index in [4.69, 9.17) is 0 Å². The Hall–Kier alpha value is -1.64. The number of H-pyrrole nitrogens is 1. The number of nitrogens with zero attached hydrogens (tertiary/aromatic N) is 2. The summed E-state index contributed by atoms with van der Waals surface area (Å²) in [5.74, 6) is 1.63. The van der Waals surface area contributed by atoms with Gasteiger partial charge in [0.15, 0.2) is 5.82 Å². The first-order valence-corrected chi connectivity index (χ1v) is 5.47. The lowest BCUT2D eigenvalue weighted by atomic mass is 9.83. The summed E-state index contributed by atoms with van der Waals surface area (Å²) in [5.41, 5.74) is 2.49. The molecule has 0 atom stereocenters. The fourth-order valence-electron chi connectivity index (χ4n) is 1.80. The number of hydrogen-bond acceptors (Lipinski definition) is 2. The maximum absolute atomic E-state index is 4.39. The number of aromatic nitrogens is 3. The summed E-state index contributed by atoms with van der Waals surface area (Å²) in [7, 11) is 0. The van der Waals surface area contributed by atoms with Gasteiger partial charge in [0, 0.05) is 5.56 Å². The fourth-order valence-corrected chi connectivity index (χ4v) is 1.80. The van der Waals surface area contributed by atoms with Crippen LogP contribution in [0.1, 0.15) is 32.2 Å². The molecule has 2 aromatic rings. The molecular formula is C13H17N3. The molecule has 1 aromatic heterocycles. The van der Waals surface area contributed by atoms with Crippen molar-refractivity contribution in [3.8, 4) is 11.4 Å². The molecule has 0 aliphatic carbocycles. The van der Waals surface area contributed by atoms with Gasteiger partial charge in [0.25, 0.3) is 0 Å². The molecule has 1 heterocycles. The number of hydrogen-bond donors (Lipinski definition) is 1. The number of aryl methyl sites for hydroxylation is 1. The van der Waals surface area contributed by atoms with Crippen molar-refractivity contribution in [3.63, 3.8) is 0 Å². The zero-order chi connectivity index (χ0) is 11.8. The average Bonchev–Trinajstić information content (AvgIpc) is 2.64. The minimum absolute atomic E-state index is 0.102. The Labute approximate surface area is 95.9 Å². The van der Waals surface area contributed by atoms with Crippen molar-refractivity contribution in [1.82, 2.24) is 15.2 Å². The molecule has 0 bridgehead atoms. The van der Waals surface area contributed by atoms with Crippen LogP contribution in [-0.2, 0) is 5.41 Å². The zero-order valence-electron chi connectivity index (χ0n) is 10.2. The van der Waals surface area contributed by atoms with Gasteiger partial charge in [-0.3, -0.25) is 5.10 Å². The molecule has 3 nitrogen and oxygen atoms in total. The van der Waals surface area contributed by atoms with Crippen LogP contribution in [0.5, 0.6) is 0 Å². The molecule has 1 N–H and O–H groups in total. The molecule has 0 aliphatic heterocycles. The van der Waals surface area contributed by atoms with Crippen molar-refractivity contribution in [2.24, 2.45) is 0 Å². The highest BCUT2D eigenvalue weighted by Gasteiger charge is 2.19. The second-order valence-electron chi connectivity index (χ2n) is 5.04. The maximum Gasteiger partial charge on any atom is 0.181 e. The summed E-state index contributed by atoms with van der Waals surface area (Å²) in [5, 5.41) is 7.11. The average molecular weight is 215 g/mol. The van der Waals surface area contributed by atoms with E-state index >= 15 is 0 Å². The van der Waals surface area contributed by atoms with E-state index in [1.807, 2.05) is 13.0 Å². The molecule has 16 heavy (non-hydrogen) atoms. The predicted molar refractivity (Wildman–Crippen MR) is 65.3 cm³/mol. The van der Waals surface area contributed by atoms with E-state index in [1.165, 1.54) is 5.56 Å². The fraction of sp³-hybridized carbons (Fsp3) is 0.385. The molecule has 0 fully saturated rings. The van der Waals surface area contributed by atoms with Gasteiger partial charge in [-0.25, -0.2) is 4.98 Å². The first-order valence-electron chi connectivity index (χ1n) is 5.47. The van der Waals surface area contributed by atoms with Crippen molar-refractivity contribution >= 4 is 0 Å². The minimum Gasteiger partial charge on any atom is -0.263 e. The topological polar surface area (TPSA) is 41.6 Å². The summed E-state index contributed by atoms with van der Waals surface area (Å²) < 4.78 is 0. The van der Waals surface area contributed by atoms with Crippen LogP contribution in [0.2, 0.25) is 0 Å². The molecule has 0 amide bonds. The highest BCUT2D eigenvalue weighted by atomic mass is 15.2. The molecule has 0 spiro atoms. The molecule has 2 rings (SSSR count). The van der Waals surface area contributed by atoms with Gasteiger partial charge >= 0.3 is 0 Å². The molecule has 0 saturated heterocycles. The first kappa shape index (κ1) is 10.9. The summed E-state index contributed by atoms with van der Waals surface area (Å²) in [6.45, 7) is 8.51. The summed E-state index contributed by atoms with van der Waals surface area (Å²) in [6, 6.07) is 8.30. The molecule has 1 aromatic carbocycles. The molecule has 0 saturated carbocycles. The number of rotatable bonds is 1. The van der Waals surface area contributed by atoms with Crippen LogP contribution in [-0.4, -0.2) is 15.2 Å². The van der Waals surface area contributed by atoms with Crippen molar-refractivity contribution in [2.75, 3.05) is 0 Å². The SMILES string of the molecule is Cc1nc(-c2ccccc2C(C)(C)C)n[nH]1. The normalized spacial score (nSPS) is 11.8. The Morgan fingerprint density at radius 3 is 2.38 bits per heavy atom. The lowest BCUT2D eigenvalue weighted by molar-refractivity contribution is 0.591. The zero-order valence-corrected chi connectivity index (χ0v) is 10.2. The standard InChI is InChI=1S/C13H17N3/c1-9-14-12(16-15-9)10-7-5-6-8-11(10)13(2,3)4/h5-8H,1-4H3,(H,14,15,16). The van der Waals surface area contributed by atoms with Crippen LogP contribution >= 0.6 is 0 Å². The highest BCUT2D eigenvalue weighted by molar-refractivity contribution is 5.61. The molecule has 0 unspecified atom stereocenters. The lowest BCUT2D eigenvalue weighted by Crippen LogP contribution is -2.12. The van der Waals surface area contributed by atoms with Crippen molar-refractivity contribution in [2.45, 2.75) is 33.1 Å². The number of nitrogens with one attached hydrogen (secondary N) is 1. The minimum atomic E-state index is 0.102. The Bertz CT molecular complexity index is 492.